The van der Waals surface area contributed by atoms with E-state index in [0.29, 0.717) is 27.2 Å². The number of benzene rings is 1. The minimum absolute atomic E-state index is 0.377. The van der Waals surface area contributed by atoms with Crippen LogP contribution in [0.5, 0.6) is 0 Å². The molecule has 0 bridgehead atoms. The number of hydroxylamine groups is 1. The SMILES string of the molecule is Cc1cc(C(=O)NO)c2ccc(Cl)cc2n1. The smallest absolute Gasteiger partial charge is 0.275 e. The molecule has 5 heteroatoms. The number of nitrogens with one attached hydrogen (secondary N) is 1. The standard InChI is InChI=1S/C11H9ClN2O2/c1-6-4-9(11(15)14-16)8-3-2-7(12)5-10(8)13-6/h2-5,16H,1H3,(H,14,15). The first-order valence-electron chi connectivity index (χ1n) is 4.63. The van der Waals surface area contributed by atoms with Crippen molar-refractivity contribution in [1.29, 1.82) is 0 Å². The van der Waals surface area contributed by atoms with Crippen LogP contribution in [0.15, 0.2) is 24.3 Å². The summed E-state index contributed by atoms with van der Waals surface area (Å²) in [5.41, 5.74) is 3.31. The van der Waals surface area contributed by atoms with Crippen LogP contribution in [-0.2, 0) is 0 Å². The highest BCUT2D eigenvalue weighted by Crippen LogP contribution is 2.21. The molecular formula is C11H9ClN2O2. The number of hydrogen-bond acceptors (Lipinski definition) is 3. The predicted molar refractivity (Wildman–Crippen MR) is 60.7 cm³/mol. The Kier molecular flexibility index (Phi) is 2.77. The highest BCUT2D eigenvalue weighted by Gasteiger charge is 2.11. The normalized spacial score (nSPS) is 10.4. The first-order chi connectivity index (χ1) is 7.61. The van der Waals surface area contributed by atoms with Crippen molar-refractivity contribution in [3.05, 3.63) is 40.5 Å². The van der Waals surface area contributed by atoms with E-state index in [4.69, 9.17) is 16.8 Å². The van der Waals surface area contributed by atoms with Crippen LogP contribution in [0.3, 0.4) is 0 Å². The fourth-order valence-electron chi connectivity index (χ4n) is 1.58. The molecule has 0 unspecified atom stereocenters. The maximum Gasteiger partial charge on any atom is 0.275 e. The lowest BCUT2D eigenvalue weighted by Crippen LogP contribution is -2.19. The third-order valence-electron chi connectivity index (χ3n) is 2.25. The van der Waals surface area contributed by atoms with Crippen LogP contribution in [-0.4, -0.2) is 16.1 Å². The zero-order valence-electron chi connectivity index (χ0n) is 8.49. The lowest BCUT2D eigenvalue weighted by molar-refractivity contribution is 0.0708. The van der Waals surface area contributed by atoms with Crippen LogP contribution in [0.25, 0.3) is 10.9 Å². The average molecular weight is 237 g/mol. The van der Waals surface area contributed by atoms with Crippen molar-refractivity contribution < 1.29 is 10.0 Å². The van der Waals surface area contributed by atoms with Gasteiger partial charge in [0.05, 0.1) is 11.1 Å². The van der Waals surface area contributed by atoms with Gasteiger partial charge >= 0.3 is 0 Å². The number of hydrogen-bond donors (Lipinski definition) is 2. The van der Waals surface area contributed by atoms with Gasteiger partial charge in [-0.05, 0) is 25.1 Å². The van der Waals surface area contributed by atoms with Gasteiger partial charge in [0, 0.05) is 16.1 Å². The molecule has 1 aromatic carbocycles. The van der Waals surface area contributed by atoms with E-state index in [1.165, 1.54) is 0 Å². The second-order valence-corrected chi connectivity index (χ2v) is 3.85. The lowest BCUT2D eigenvalue weighted by Gasteiger charge is -2.06. The van der Waals surface area contributed by atoms with Gasteiger partial charge in [-0.25, -0.2) is 5.48 Å². The Labute approximate surface area is 96.8 Å². The van der Waals surface area contributed by atoms with Crippen LogP contribution in [0.2, 0.25) is 5.02 Å². The Hall–Kier alpha value is -1.65. The van der Waals surface area contributed by atoms with E-state index in [1.54, 1.807) is 36.7 Å². The Morgan fingerprint density at radius 2 is 2.19 bits per heavy atom. The number of carbonyl (C=O) groups excluding carboxylic acids is 1. The van der Waals surface area contributed by atoms with Gasteiger partial charge in [0.25, 0.3) is 5.91 Å². The molecule has 4 nitrogen and oxygen atoms in total. The fraction of sp³-hybridized carbons (Fsp3) is 0.0909. The number of aryl methyl sites for hydroxylation is 1. The van der Waals surface area contributed by atoms with E-state index >= 15 is 0 Å². The molecule has 2 aromatic rings. The lowest BCUT2D eigenvalue weighted by atomic mass is 10.1. The van der Waals surface area contributed by atoms with Crippen molar-refractivity contribution in [2.45, 2.75) is 6.92 Å². The van der Waals surface area contributed by atoms with Crippen LogP contribution >= 0.6 is 11.6 Å². The van der Waals surface area contributed by atoms with Crippen molar-refractivity contribution in [2.24, 2.45) is 0 Å². The van der Waals surface area contributed by atoms with Gasteiger partial charge in [-0.1, -0.05) is 17.7 Å². The largest absolute Gasteiger partial charge is 0.288 e. The minimum Gasteiger partial charge on any atom is -0.288 e. The van der Waals surface area contributed by atoms with E-state index < -0.39 is 5.91 Å². The number of halogens is 1. The molecule has 82 valence electrons. The number of amides is 1. The van der Waals surface area contributed by atoms with E-state index in [2.05, 4.69) is 4.98 Å². The maximum atomic E-state index is 11.4. The van der Waals surface area contributed by atoms with Crippen LogP contribution < -0.4 is 5.48 Å². The van der Waals surface area contributed by atoms with Crippen LogP contribution in [0.1, 0.15) is 16.1 Å². The highest BCUT2D eigenvalue weighted by molar-refractivity contribution is 6.31. The van der Waals surface area contributed by atoms with Gasteiger partial charge in [-0.3, -0.25) is 15.0 Å². The molecule has 0 saturated heterocycles. The van der Waals surface area contributed by atoms with Crippen LogP contribution in [0, 0.1) is 6.92 Å². The molecule has 0 aliphatic rings. The molecule has 2 rings (SSSR count). The number of carbonyl (C=O) groups is 1. The van der Waals surface area contributed by atoms with Crippen LogP contribution in [0.4, 0.5) is 0 Å². The summed E-state index contributed by atoms with van der Waals surface area (Å²) in [6.07, 6.45) is 0. The second kappa shape index (κ2) is 4.08. The van der Waals surface area contributed by atoms with Crippen molar-refractivity contribution in [2.75, 3.05) is 0 Å². The summed E-state index contributed by atoms with van der Waals surface area (Å²) in [7, 11) is 0. The third kappa shape index (κ3) is 1.85. The third-order valence-corrected chi connectivity index (χ3v) is 2.48. The summed E-state index contributed by atoms with van der Waals surface area (Å²) in [6, 6.07) is 6.67. The van der Waals surface area contributed by atoms with Crippen molar-refractivity contribution >= 4 is 28.4 Å². The first kappa shape index (κ1) is 10.9. The number of pyridine rings is 1. The molecule has 0 saturated carbocycles. The van der Waals surface area contributed by atoms with Gasteiger partial charge in [0.2, 0.25) is 0 Å². The topological polar surface area (TPSA) is 62.2 Å². The summed E-state index contributed by atoms with van der Waals surface area (Å²) >= 11 is 5.85. The number of aromatic nitrogens is 1. The molecule has 16 heavy (non-hydrogen) atoms. The summed E-state index contributed by atoms with van der Waals surface area (Å²) in [5.74, 6) is -0.558. The van der Waals surface area contributed by atoms with Crippen molar-refractivity contribution in [3.63, 3.8) is 0 Å². The molecule has 0 aliphatic heterocycles. The summed E-state index contributed by atoms with van der Waals surface area (Å²) in [6.45, 7) is 1.77. The Bertz CT molecular complexity index is 564. The average Bonchev–Trinajstić information content (AvgIpc) is 2.26. The first-order valence-corrected chi connectivity index (χ1v) is 5.01. The molecule has 2 N–H and O–H groups in total. The second-order valence-electron chi connectivity index (χ2n) is 3.41. The molecule has 0 aliphatic carbocycles. The number of fused-ring (bicyclic) bond motifs is 1. The summed E-state index contributed by atoms with van der Waals surface area (Å²) < 4.78 is 0. The van der Waals surface area contributed by atoms with Gasteiger partial charge < -0.3 is 0 Å². The van der Waals surface area contributed by atoms with Crippen molar-refractivity contribution in [1.82, 2.24) is 10.5 Å². The maximum absolute atomic E-state index is 11.4. The molecule has 1 amide bonds. The summed E-state index contributed by atoms with van der Waals surface area (Å²) in [5, 5.41) is 9.86. The molecular weight excluding hydrogens is 228 g/mol. The van der Waals surface area contributed by atoms with E-state index in [1.807, 2.05) is 0 Å². The Balaban J connectivity index is 2.77. The molecule has 0 spiro atoms. The summed E-state index contributed by atoms with van der Waals surface area (Å²) in [4.78, 5) is 15.7. The zero-order valence-corrected chi connectivity index (χ0v) is 9.25. The molecule has 0 atom stereocenters. The van der Waals surface area contributed by atoms with Gasteiger partial charge in [-0.2, -0.15) is 0 Å². The number of rotatable bonds is 1. The molecule has 1 heterocycles. The zero-order chi connectivity index (χ0) is 11.7. The van der Waals surface area contributed by atoms with Crippen molar-refractivity contribution in [3.8, 4) is 0 Å². The van der Waals surface area contributed by atoms with Gasteiger partial charge in [0.15, 0.2) is 0 Å². The predicted octanol–water partition coefficient (Wildman–Crippen LogP) is 2.32. The molecule has 1 aromatic heterocycles. The minimum atomic E-state index is -0.558. The Morgan fingerprint density at radius 1 is 1.44 bits per heavy atom. The highest BCUT2D eigenvalue weighted by atomic mass is 35.5. The number of nitrogens with zero attached hydrogens (tertiary/aromatic N) is 1. The Morgan fingerprint density at radius 3 is 2.88 bits per heavy atom. The molecule has 0 radical (unpaired) electrons. The molecule has 0 fully saturated rings. The van der Waals surface area contributed by atoms with Gasteiger partial charge in [-0.15, -0.1) is 0 Å². The van der Waals surface area contributed by atoms with E-state index in [0.717, 1.165) is 0 Å². The quantitative estimate of drug-likeness (QED) is 0.590. The van der Waals surface area contributed by atoms with E-state index in [-0.39, 0.29) is 0 Å². The van der Waals surface area contributed by atoms with E-state index in [9.17, 15) is 4.79 Å². The monoisotopic (exact) mass is 236 g/mol. The van der Waals surface area contributed by atoms with Gasteiger partial charge in [0.1, 0.15) is 0 Å². The fourth-order valence-corrected chi connectivity index (χ4v) is 1.75.